The Balaban J connectivity index is 2.22. The molecule has 7 heteroatoms. The van der Waals surface area contributed by atoms with Crippen molar-refractivity contribution in [2.24, 2.45) is 0 Å². The predicted molar refractivity (Wildman–Crippen MR) is 86.2 cm³/mol. The summed E-state index contributed by atoms with van der Waals surface area (Å²) in [7, 11) is -3.14. The third-order valence-electron chi connectivity index (χ3n) is 3.84. The second-order valence-electron chi connectivity index (χ2n) is 5.91. The van der Waals surface area contributed by atoms with Crippen LogP contribution in [0.15, 0.2) is 12.1 Å². The van der Waals surface area contributed by atoms with E-state index in [1.54, 1.807) is 19.9 Å². The zero-order valence-electron chi connectivity index (χ0n) is 12.2. The molecule has 4 nitrogen and oxygen atoms in total. The molecule has 0 spiro atoms. The van der Waals surface area contributed by atoms with E-state index in [2.05, 4.69) is 5.32 Å². The standard InChI is InChI=1S/C14H19Cl2NO3S/c1-14(2,21(3,18)19)8-17-12-4-5-20-13-10(12)6-9(15)7-11(13)16/h6-7,12,17H,4-5,8H2,1-3H3. The van der Waals surface area contributed by atoms with Crippen molar-refractivity contribution >= 4 is 33.0 Å². The van der Waals surface area contributed by atoms with Gasteiger partial charge < -0.3 is 10.1 Å². The molecule has 0 radical (unpaired) electrons. The van der Waals surface area contributed by atoms with Crippen LogP contribution < -0.4 is 10.1 Å². The lowest BCUT2D eigenvalue weighted by Gasteiger charge is -2.31. The number of sulfone groups is 1. The number of halogens is 2. The van der Waals surface area contributed by atoms with Crippen LogP contribution in [0.2, 0.25) is 10.0 Å². The molecule has 1 aromatic carbocycles. The molecule has 0 aliphatic carbocycles. The maximum atomic E-state index is 11.8. The highest BCUT2D eigenvalue weighted by Gasteiger charge is 2.32. The lowest BCUT2D eigenvalue weighted by molar-refractivity contribution is 0.251. The van der Waals surface area contributed by atoms with Crippen LogP contribution >= 0.6 is 23.2 Å². The van der Waals surface area contributed by atoms with Gasteiger partial charge in [-0.2, -0.15) is 0 Å². The quantitative estimate of drug-likeness (QED) is 0.904. The molecule has 1 aromatic rings. The van der Waals surface area contributed by atoms with E-state index in [9.17, 15) is 8.42 Å². The smallest absolute Gasteiger partial charge is 0.153 e. The summed E-state index contributed by atoms with van der Waals surface area (Å²) in [4.78, 5) is 0. The number of benzene rings is 1. The number of nitrogens with one attached hydrogen (secondary N) is 1. The van der Waals surface area contributed by atoms with Crippen LogP contribution in [-0.4, -0.2) is 32.6 Å². The maximum Gasteiger partial charge on any atom is 0.153 e. The summed E-state index contributed by atoms with van der Waals surface area (Å²) in [5, 5.41) is 4.32. The molecule has 0 bridgehead atoms. The normalized spacial score (nSPS) is 19.0. The molecule has 2 rings (SSSR count). The van der Waals surface area contributed by atoms with Crippen LogP contribution in [0.4, 0.5) is 0 Å². The molecule has 1 heterocycles. The Morgan fingerprint density at radius 3 is 2.67 bits per heavy atom. The van der Waals surface area contributed by atoms with Crippen molar-refractivity contribution in [2.75, 3.05) is 19.4 Å². The fourth-order valence-corrected chi connectivity index (χ4v) is 3.05. The van der Waals surface area contributed by atoms with E-state index < -0.39 is 14.6 Å². The fourth-order valence-electron chi connectivity index (χ4n) is 2.14. The molecule has 118 valence electrons. The first-order chi connectivity index (χ1) is 9.62. The minimum Gasteiger partial charge on any atom is -0.492 e. The maximum absolute atomic E-state index is 11.8. The third-order valence-corrected chi connectivity index (χ3v) is 6.49. The largest absolute Gasteiger partial charge is 0.492 e. The second kappa shape index (κ2) is 5.95. The van der Waals surface area contributed by atoms with Crippen LogP contribution in [0.3, 0.4) is 0 Å². The molecule has 0 amide bonds. The average Bonchev–Trinajstić information content (AvgIpc) is 2.35. The number of fused-ring (bicyclic) bond motifs is 1. The van der Waals surface area contributed by atoms with Gasteiger partial charge >= 0.3 is 0 Å². The minimum atomic E-state index is -3.14. The van der Waals surface area contributed by atoms with Crippen molar-refractivity contribution in [3.63, 3.8) is 0 Å². The molecule has 0 fully saturated rings. The number of rotatable bonds is 4. The summed E-state index contributed by atoms with van der Waals surface area (Å²) in [6.07, 6.45) is 1.99. The summed E-state index contributed by atoms with van der Waals surface area (Å²) in [6.45, 7) is 4.30. The first-order valence-electron chi connectivity index (χ1n) is 6.66. The van der Waals surface area contributed by atoms with E-state index in [1.807, 2.05) is 6.07 Å². The average molecular weight is 352 g/mol. The Morgan fingerprint density at radius 1 is 1.38 bits per heavy atom. The second-order valence-corrected chi connectivity index (χ2v) is 9.40. The lowest BCUT2D eigenvalue weighted by Crippen LogP contribution is -2.43. The number of ether oxygens (including phenoxy) is 1. The first-order valence-corrected chi connectivity index (χ1v) is 9.31. The third kappa shape index (κ3) is 3.65. The van der Waals surface area contributed by atoms with Crippen molar-refractivity contribution in [1.82, 2.24) is 5.32 Å². The molecule has 0 saturated carbocycles. The van der Waals surface area contributed by atoms with E-state index in [0.717, 1.165) is 12.0 Å². The predicted octanol–water partition coefficient (Wildman–Crippen LogP) is 3.23. The summed E-state index contributed by atoms with van der Waals surface area (Å²) >= 11 is 12.2. The van der Waals surface area contributed by atoms with Gasteiger partial charge in [0.1, 0.15) is 5.75 Å². The van der Waals surface area contributed by atoms with Crippen molar-refractivity contribution in [2.45, 2.75) is 31.1 Å². The Morgan fingerprint density at radius 2 is 2.05 bits per heavy atom. The van der Waals surface area contributed by atoms with Gasteiger partial charge in [0.05, 0.1) is 16.4 Å². The number of hydrogen-bond acceptors (Lipinski definition) is 4. The molecular weight excluding hydrogens is 333 g/mol. The van der Waals surface area contributed by atoms with Gasteiger partial charge in [0, 0.05) is 35.8 Å². The van der Waals surface area contributed by atoms with Crippen molar-refractivity contribution in [1.29, 1.82) is 0 Å². The summed E-state index contributed by atoms with van der Waals surface area (Å²) in [6, 6.07) is 3.43. The van der Waals surface area contributed by atoms with E-state index in [0.29, 0.717) is 28.9 Å². The highest BCUT2D eigenvalue weighted by atomic mass is 35.5. The molecule has 1 aliphatic heterocycles. The van der Waals surface area contributed by atoms with Gasteiger partial charge in [-0.3, -0.25) is 0 Å². The van der Waals surface area contributed by atoms with Crippen LogP contribution in [0.25, 0.3) is 0 Å². The molecule has 0 saturated heterocycles. The number of hydrogen-bond donors (Lipinski definition) is 1. The summed E-state index contributed by atoms with van der Waals surface area (Å²) in [5.41, 5.74) is 0.878. The fraction of sp³-hybridized carbons (Fsp3) is 0.571. The van der Waals surface area contributed by atoms with Gasteiger partial charge in [0.25, 0.3) is 0 Å². The molecule has 1 atom stereocenters. The van der Waals surface area contributed by atoms with Gasteiger partial charge in [-0.1, -0.05) is 23.2 Å². The Hall–Kier alpha value is -0.490. The van der Waals surface area contributed by atoms with Crippen LogP contribution in [0.1, 0.15) is 31.9 Å². The Kier molecular flexibility index (Phi) is 4.78. The molecule has 1 unspecified atom stereocenters. The van der Waals surface area contributed by atoms with E-state index in [-0.39, 0.29) is 6.04 Å². The van der Waals surface area contributed by atoms with Crippen molar-refractivity contribution < 1.29 is 13.2 Å². The van der Waals surface area contributed by atoms with Gasteiger partial charge in [0.2, 0.25) is 0 Å². The van der Waals surface area contributed by atoms with Gasteiger partial charge in [0.15, 0.2) is 9.84 Å². The molecule has 21 heavy (non-hydrogen) atoms. The zero-order chi connectivity index (χ0) is 15.8. The Bertz CT molecular complexity index is 644. The minimum absolute atomic E-state index is 0.0222. The highest BCUT2D eigenvalue weighted by Crippen LogP contribution is 2.40. The van der Waals surface area contributed by atoms with Crippen LogP contribution in [0, 0.1) is 0 Å². The van der Waals surface area contributed by atoms with E-state index >= 15 is 0 Å². The van der Waals surface area contributed by atoms with Crippen LogP contribution in [-0.2, 0) is 9.84 Å². The zero-order valence-corrected chi connectivity index (χ0v) is 14.6. The van der Waals surface area contributed by atoms with Gasteiger partial charge in [-0.25, -0.2) is 8.42 Å². The van der Waals surface area contributed by atoms with Gasteiger partial charge in [-0.05, 0) is 26.0 Å². The molecule has 1 N–H and O–H groups in total. The van der Waals surface area contributed by atoms with E-state index in [4.69, 9.17) is 27.9 Å². The molecular formula is C14H19Cl2NO3S. The summed E-state index contributed by atoms with van der Waals surface area (Å²) < 4.78 is 28.3. The van der Waals surface area contributed by atoms with E-state index in [1.165, 1.54) is 6.26 Å². The molecule has 0 aromatic heterocycles. The topological polar surface area (TPSA) is 55.4 Å². The highest BCUT2D eigenvalue weighted by molar-refractivity contribution is 7.92. The van der Waals surface area contributed by atoms with Gasteiger partial charge in [-0.15, -0.1) is 0 Å². The first kappa shape index (κ1) is 16.9. The Labute approximate surface area is 135 Å². The molecule has 1 aliphatic rings. The van der Waals surface area contributed by atoms with Crippen molar-refractivity contribution in [3.05, 3.63) is 27.7 Å². The SMILES string of the molecule is CC(C)(CNC1CCOc2c(Cl)cc(Cl)cc21)S(C)(=O)=O. The van der Waals surface area contributed by atoms with Crippen molar-refractivity contribution in [3.8, 4) is 5.75 Å². The lowest BCUT2D eigenvalue weighted by atomic mass is 10.00. The van der Waals surface area contributed by atoms with Crippen LogP contribution in [0.5, 0.6) is 5.75 Å². The monoisotopic (exact) mass is 351 g/mol. The summed E-state index contributed by atoms with van der Waals surface area (Å²) in [5.74, 6) is 0.627.